The molecule has 2 N–H and O–H groups in total. The van der Waals surface area contributed by atoms with Crippen LogP contribution in [0.25, 0.3) is 0 Å². The van der Waals surface area contributed by atoms with Crippen LogP contribution in [0, 0.1) is 0 Å². The highest BCUT2D eigenvalue weighted by atomic mass is 16.5. The fourth-order valence-corrected chi connectivity index (χ4v) is 1.72. The zero-order valence-corrected chi connectivity index (χ0v) is 7.58. The molecule has 0 unspecified atom stereocenters. The summed E-state index contributed by atoms with van der Waals surface area (Å²) < 4.78 is 5.61. The molecule has 1 aliphatic carbocycles. The minimum absolute atomic E-state index is 0.217. The Hall–Kier alpha value is -0.610. The highest BCUT2D eigenvalue weighted by Crippen LogP contribution is 2.33. The van der Waals surface area contributed by atoms with Gasteiger partial charge in [0.15, 0.2) is 5.60 Å². The van der Waals surface area contributed by atoms with E-state index in [9.17, 15) is 4.79 Å². The molecule has 1 aliphatic heterocycles. The number of aliphatic carboxylic acids is 1. The van der Waals surface area contributed by atoms with Gasteiger partial charge in [-0.2, -0.15) is 0 Å². The van der Waals surface area contributed by atoms with Crippen molar-refractivity contribution in [3.8, 4) is 0 Å². The van der Waals surface area contributed by atoms with E-state index in [4.69, 9.17) is 9.84 Å². The fraction of sp³-hybridized carbons (Fsp3) is 0.889. The van der Waals surface area contributed by atoms with E-state index < -0.39 is 11.6 Å². The molecule has 1 saturated heterocycles. The maximum absolute atomic E-state index is 11.1. The van der Waals surface area contributed by atoms with Gasteiger partial charge >= 0.3 is 5.97 Å². The van der Waals surface area contributed by atoms with Gasteiger partial charge in [-0.15, -0.1) is 0 Å². The number of nitrogens with one attached hydrogen (secondary N) is 1. The summed E-state index contributed by atoms with van der Waals surface area (Å²) in [4.78, 5) is 11.1. The Morgan fingerprint density at radius 2 is 2.00 bits per heavy atom. The summed E-state index contributed by atoms with van der Waals surface area (Å²) >= 11 is 0. The molecule has 0 aromatic rings. The molecule has 0 amide bonds. The largest absolute Gasteiger partial charge is 0.479 e. The number of carboxylic acid groups (broad SMARTS) is 1. The zero-order chi connectivity index (χ0) is 9.31. The number of ether oxygens (including phenoxy) is 1. The lowest BCUT2D eigenvalue weighted by molar-refractivity contribution is -0.171. The molecule has 1 saturated carbocycles. The summed E-state index contributed by atoms with van der Waals surface area (Å²) in [6.07, 6.45) is 3.47. The molecule has 74 valence electrons. The van der Waals surface area contributed by atoms with Gasteiger partial charge in [0.05, 0.1) is 6.10 Å². The molecule has 2 rings (SSSR count). The number of carbonyl (C=O) groups is 1. The number of hydrogen-bond acceptors (Lipinski definition) is 3. The van der Waals surface area contributed by atoms with Gasteiger partial charge in [0, 0.05) is 0 Å². The SMILES string of the molecule is O=C(O)C1(OC2CC2)CCNCC1. The van der Waals surface area contributed by atoms with Crippen molar-refractivity contribution in [2.45, 2.75) is 37.4 Å². The van der Waals surface area contributed by atoms with Gasteiger partial charge in [0.1, 0.15) is 0 Å². The monoisotopic (exact) mass is 185 g/mol. The Morgan fingerprint density at radius 3 is 2.46 bits per heavy atom. The predicted molar refractivity (Wildman–Crippen MR) is 46.6 cm³/mol. The second-order valence-electron chi connectivity index (χ2n) is 3.87. The van der Waals surface area contributed by atoms with Gasteiger partial charge in [-0.05, 0) is 38.8 Å². The summed E-state index contributed by atoms with van der Waals surface area (Å²) in [5.41, 5.74) is -0.883. The van der Waals surface area contributed by atoms with Gasteiger partial charge in [-0.1, -0.05) is 0 Å². The van der Waals surface area contributed by atoms with Gasteiger partial charge in [0.25, 0.3) is 0 Å². The van der Waals surface area contributed by atoms with E-state index >= 15 is 0 Å². The third kappa shape index (κ3) is 1.84. The average molecular weight is 185 g/mol. The molecular weight excluding hydrogens is 170 g/mol. The Balaban J connectivity index is 2.02. The van der Waals surface area contributed by atoms with Crippen molar-refractivity contribution >= 4 is 5.97 Å². The van der Waals surface area contributed by atoms with Crippen molar-refractivity contribution in [2.24, 2.45) is 0 Å². The molecule has 0 aromatic heterocycles. The van der Waals surface area contributed by atoms with Crippen LogP contribution in [0.2, 0.25) is 0 Å². The molecular formula is C9H15NO3. The summed E-state index contributed by atoms with van der Waals surface area (Å²) in [6.45, 7) is 1.50. The molecule has 13 heavy (non-hydrogen) atoms. The molecule has 0 aromatic carbocycles. The third-order valence-electron chi connectivity index (χ3n) is 2.72. The average Bonchev–Trinajstić information content (AvgIpc) is 2.90. The maximum Gasteiger partial charge on any atom is 0.336 e. The number of rotatable bonds is 3. The van der Waals surface area contributed by atoms with Gasteiger partial charge in [-0.3, -0.25) is 0 Å². The van der Waals surface area contributed by atoms with E-state index in [-0.39, 0.29) is 6.10 Å². The van der Waals surface area contributed by atoms with Crippen LogP contribution in [-0.4, -0.2) is 35.9 Å². The lowest BCUT2D eigenvalue weighted by Gasteiger charge is -2.33. The molecule has 1 heterocycles. The molecule has 2 fully saturated rings. The van der Waals surface area contributed by atoms with Crippen LogP contribution in [0.1, 0.15) is 25.7 Å². The quantitative estimate of drug-likeness (QED) is 0.667. The normalized spacial score (nSPS) is 27.1. The fourth-order valence-electron chi connectivity index (χ4n) is 1.72. The third-order valence-corrected chi connectivity index (χ3v) is 2.72. The summed E-state index contributed by atoms with van der Waals surface area (Å²) in [7, 11) is 0. The van der Waals surface area contributed by atoms with Crippen LogP contribution >= 0.6 is 0 Å². The first kappa shape index (κ1) is 8.97. The molecule has 0 atom stereocenters. The minimum atomic E-state index is -0.883. The van der Waals surface area contributed by atoms with Crippen LogP contribution in [-0.2, 0) is 9.53 Å². The molecule has 0 bridgehead atoms. The first-order valence-corrected chi connectivity index (χ1v) is 4.85. The van der Waals surface area contributed by atoms with Crippen molar-refractivity contribution in [3.63, 3.8) is 0 Å². The highest BCUT2D eigenvalue weighted by Gasteiger charge is 2.44. The molecule has 0 radical (unpaired) electrons. The standard InChI is InChI=1S/C9H15NO3/c11-8(12)9(13-7-1-2-7)3-5-10-6-4-9/h7,10H,1-6H2,(H,11,12). The van der Waals surface area contributed by atoms with Crippen molar-refractivity contribution < 1.29 is 14.6 Å². The summed E-state index contributed by atoms with van der Waals surface area (Å²) in [6, 6.07) is 0. The lowest BCUT2D eigenvalue weighted by atomic mass is 9.92. The zero-order valence-electron chi connectivity index (χ0n) is 7.58. The Morgan fingerprint density at radius 1 is 1.38 bits per heavy atom. The second kappa shape index (κ2) is 3.27. The number of piperidine rings is 1. The van der Waals surface area contributed by atoms with E-state index in [0.29, 0.717) is 12.8 Å². The van der Waals surface area contributed by atoms with Crippen LogP contribution < -0.4 is 5.32 Å². The highest BCUT2D eigenvalue weighted by molar-refractivity contribution is 5.77. The topological polar surface area (TPSA) is 58.6 Å². The first-order chi connectivity index (χ1) is 6.23. The Kier molecular flexibility index (Phi) is 2.26. The summed E-state index contributed by atoms with van der Waals surface area (Å²) in [5, 5.41) is 12.3. The number of hydrogen-bond donors (Lipinski definition) is 2. The minimum Gasteiger partial charge on any atom is -0.479 e. The van der Waals surface area contributed by atoms with Crippen LogP contribution in [0.15, 0.2) is 0 Å². The lowest BCUT2D eigenvalue weighted by Crippen LogP contribution is -2.50. The van der Waals surface area contributed by atoms with Crippen LogP contribution in [0.4, 0.5) is 0 Å². The Labute approximate surface area is 77.3 Å². The van der Waals surface area contributed by atoms with E-state index in [0.717, 1.165) is 25.9 Å². The van der Waals surface area contributed by atoms with E-state index in [1.54, 1.807) is 0 Å². The van der Waals surface area contributed by atoms with E-state index in [2.05, 4.69) is 5.32 Å². The number of carboxylic acids is 1. The maximum atomic E-state index is 11.1. The van der Waals surface area contributed by atoms with Crippen molar-refractivity contribution in [3.05, 3.63) is 0 Å². The van der Waals surface area contributed by atoms with Crippen LogP contribution in [0.3, 0.4) is 0 Å². The predicted octanol–water partition coefficient (Wildman–Crippen LogP) is 0.372. The van der Waals surface area contributed by atoms with Crippen molar-refractivity contribution in [2.75, 3.05) is 13.1 Å². The van der Waals surface area contributed by atoms with Gasteiger partial charge in [0.2, 0.25) is 0 Å². The van der Waals surface area contributed by atoms with Gasteiger partial charge in [-0.25, -0.2) is 4.79 Å². The van der Waals surface area contributed by atoms with E-state index in [1.807, 2.05) is 0 Å². The second-order valence-corrected chi connectivity index (χ2v) is 3.87. The molecule has 2 aliphatic rings. The van der Waals surface area contributed by atoms with E-state index in [1.165, 1.54) is 0 Å². The van der Waals surface area contributed by atoms with Crippen LogP contribution in [0.5, 0.6) is 0 Å². The van der Waals surface area contributed by atoms with Crippen molar-refractivity contribution in [1.29, 1.82) is 0 Å². The molecule has 0 spiro atoms. The smallest absolute Gasteiger partial charge is 0.336 e. The summed E-state index contributed by atoms with van der Waals surface area (Å²) in [5.74, 6) is -0.791. The van der Waals surface area contributed by atoms with Crippen molar-refractivity contribution in [1.82, 2.24) is 5.32 Å². The van der Waals surface area contributed by atoms with Gasteiger partial charge < -0.3 is 15.2 Å². The molecule has 4 heteroatoms. The Bertz CT molecular complexity index is 207. The molecule has 4 nitrogen and oxygen atoms in total. The first-order valence-electron chi connectivity index (χ1n) is 4.85.